The molecule has 0 aromatic heterocycles. The van der Waals surface area contributed by atoms with Crippen molar-refractivity contribution in [3.8, 4) is 0 Å². The highest BCUT2D eigenvalue weighted by atomic mass is 16.5. The van der Waals surface area contributed by atoms with Crippen LogP contribution in [0.15, 0.2) is 0 Å². The largest absolute Gasteiger partial charge is 0.467 e. The molecule has 22 heavy (non-hydrogen) atoms. The first kappa shape index (κ1) is 18.5. The van der Waals surface area contributed by atoms with Gasteiger partial charge in [-0.25, -0.2) is 4.79 Å². The van der Waals surface area contributed by atoms with Gasteiger partial charge in [-0.05, 0) is 25.7 Å². The number of nitrogens with one attached hydrogen (secondary N) is 1. The molecule has 0 aromatic rings. The molecule has 6 heteroatoms. The van der Waals surface area contributed by atoms with Gasteiger partial charge in [-0.15, -0.1) is 0 Å². The van der Waals surface area contributed by atoms with Crippen LogP contribution in [0.5, 0.6) is 0 Å². The maximum absolute atomic E-state index is 12.3. The van der Waals surface area contributed by atoms with Gasteiger partial charge in [0.15, 0.2) is 0 Å². The van der Waals surface area contributed by atoms with Gasteiger partial charge < -0.3 is 15.0 Å². The third-order valence-electron chi connectivity index (χ3n) is 3.83. The van der Waals surface area contributed by atoms with Gasteiger partial charge in [0.05, 0.1) is 7.11 Å². The van der Waals surface area contributed by atoms with E-state index < -0.39 is 11.5 Å². The summed E-state index contributed by atoms with van der Waals surface area (Å²) in [5.41, 5.74) is -0.424. The van der Waals surface area contributed by atoms with Gasteiger partial charge in [0.25, 0.3) is 0 Å². The van der Waals surface area contributed by atoms with Crippen LogP contribution >= 0.6 is 0 Å². The summed E-state index contributed by atoms with van der Waals surface area (Å²) in [6, 6.07) is -0.449. The Labute approximate surface area is 132 Å². The molecule has 1 saturated heterocycles. The predicted molar refractivity (Wildman–Crippen MR) is 83.1 cm³/mol. The van der Waals surface area contributed by atoms with Crippen molar-refractivity contribution in [2.45, 2.75) is 58.9 Å². The van der Waals surface area contributed by atoms with Crippen molar-refractivity contribution < 1.29 is 19.1 Å². The Hall–Kier alpha value is -1.59. The van der Waals surface area contributed by atoms with Crippen LogP contribution in [0.1, 0.15) is 52.9 Å². The molecule has 1 unspecified atom stereocenters. The maximum atomic E-state index is 12.3. The van der Waals surface area contributed by atoms with E-state index in [1.807, 2.05) is 20.8 Å². The number of carbonyl (C=O) groups excluding carboxylic acids is 3. The summed E-state index contributed by atoms with van der Waals surface area (Å²) in [5.74, 6) is -0.403. The van der Waals surface area contributed by atoms with Gasteiger partial charge in [0.2, 0.25) is 11.8 Å². The summed E-state index contributed by atoms with van der Waals surface area (Å²) >= 11 is 0. The zero-order chi connectivity index (χ0) is 16.8. The summed E-state index contributed by atoms with van der Waals surface area (Å²) in [6.45, 7) is 6.62. The summed E-state index contributed by atoms with van der Waals surface area (Å²) < 4.78 is 4.77. The monoisotopic (exact) mass is 312 g/mol. The van der Waals surface area contributed by atoms with Gasteiger partial charge in [-0.1, -0.05) is 20.8 Å². The van der Waals surface area contributed by atoms with Crippen molar-refractivity contribution in [1.82, 2.24) is 10.2 Å². The molecule has 1 atom stereocenters. The van der Waals surface area contributed by atoms with E-state index in [2.05, 4.69) is 5.32 Å². The number of piperidine rings is 1. The molecule has 2 amide bonds. The molecule has 1 heterocycles. The lowest BCUT2D eigenvalue weighted by atomic mass is 9.96. The third-order valence-corrected chi connectivity index (χ3v) is 3.83. The number of ether oxygens (including phenoxy) is 1. The standard InChI is InChI=1S/C16H28N2O4/c1-16(2,3)15(21)17-10-7-9-13(19)18-11-6-5-8-12(18)14(20)22-4/h12H,5-11H2,1-4H3,(H,17,21). The van der Waals surface area contributed by atoms with Crippen molar-refractivity contribution in [2.75, 3.05) is 20.2 Å². The van der Waals surface area contributed by atoms with E-state index in [-0.39, 0.29) is 17.8 Å². The molecule has 1 rings (SSSR count). The first-order chi connectivity index (χ1) is 10.3. The van der Waals surface area contributed by atoms with Crippen LogP contribution < -0.4 is 5.32 Å². The summed E-state index contributed by atoms with van der Waals surface area (Å²) in [5, 5.41) is 2.82. The van der Waals surface area contributed by atoms with E-state index >= 15 is 0 Å². The highest BCUT2D eigenvalue weighted by molar-refractivity contribution is 5.85. The minimum atomic E-state index is -0.449. The van der Waals surface area contributed by atoms with Gasteiger partial charge in [0, 0.05) is 24.9 Å². The smallest absolute Gasteiger partial charge is 0.328 e. The summed E-state index contributed by atoms with van der Waals surface area (Å²) in [6.07, 6.45) is 3.42. The third kappa shape index (κ3) is 5.31. The Kier molecular flexibility index (Phi) is 6.84. The number of likely N-dealkylation sites (tertiary alicyclic amines) is 1. The molecule has 0 radical (unpaired) electrons. The molecule has 1 aliphatic rings. The van der Waals surface area contributed by atoms with Crippen LogP contribution in [0.3, 0.4) is 0 Å². The van der Waals surface area contributed by atoms with Crippen LogP contribution in [0, 0.1) is 5.41 Å². The van der Waals surface area contributed by atoms with Crippen LogP contribution in [-0.4, -0.2) is 48.9 Å². The average Bonchev–Trinajstić information content (AvgIpc) is 2.49. The van der Waals surface area contributed by atoms with Crippen molar-refractivity contribution in [3.05, 3.63) is 0 Å². The first-order valence-electron chi connectivity index (χ1n) is 7.93. The molecule has 126 valence electrons. The number of methoxy groups -OCH3 is 1. The number of carbonyl (C=O) groups is 3. The second kappa shape index (κ2) is 8.15. The topological polar surface area (TPSA) is 75.7 Å². The zero-order valence-electron chi connectivity index (χ0n) is 14.1. The van der Waals surface area contributed by atoms with Crippen LogP contribution in [0.2, 0.25) is 0 Å². The van der Waals surface area contributed by atoms with Crippen molar-refractivity contribution in [1.29, 1.82) is 0 Å². The van der Waals surface area contributed by atoms with E-state index in [4.69, 9.17) is 4.74 Å². The Morgan fingerprint density at radius 3 is 2.50 bits per heavy atom. The van der Waals surface area contributed by atoms with Gasteiger partial charge >= 0.3 is 5.97 Å². The molecule has 0 aliphatic carbocycles. The highest BCUT2D eigenvalue weighted by Crippen LogP contribution is 2.19. The molecular weight excluding hydrogens is 284 g/mol. The molecule has 1 N–H and O–H groups in total. The first-order valence-corrected chi connectivity index (χ1v) is 7.93. The number of hydrogen-bond acceptors (Lipinski definition) is 4. The molecule has 1 aliphatic heterocycles. The molecule has 0 aromatic carbocycles. The molecule has 0 saturated carbocycles. The Morgan fingerprint density at radius 1 is 1.23 bits per heavy atom. The summed E-state index contributed by atoms with van der Waals surface area (Å²) in [7, 11) is 1.35. The van der Waals surface area contributed by atoms with Gasteiger partial charge in [-0.2, -0.15) is 0 Å². The van der Waals surface area contributed by atoms with E-state index in [1.54, 1.807) is 4.90 Å². The quantitative estimate of drug-likeness (QED) is 0.616. The second-order valence-corrected chi connectivity index (χ2v) is 6.73. The fourth-order valence-corrected chi connectivity index (χ4v) is 2.46. The lowest BCUT2D eigenvalue weighted by Gasteiger charge is -2.33. The van der Waals surface area contributed by atoms with Gasteiger partial charge in [0.1, 0.15) is 6.04 Å². The maximum Gasteiger partial charge on any atom is 0.328 e. The SMILES string of the molecule is COC(=O)C1CCCCN1C(=O)CCCNC(=O)C(C)(C)C. The van der Waals surface area contributed by atoms with E-state index in [0.29, 0.717) is 32.4 Å². The molecule has 0 spiro atoms. The second-order valence-electron chi connectivity index (χ2n) is 6.73. The predicted octanol–water partition coefficient (Wildman–Crippen LogP) is 1.48. The van der Waals surface area contributed by atoms with Crippen molar-refractivity contribution in [2.24, 2.45) is 5.41 Å². The highest BCUT2D eigenvalue weighted by Gasteiger charge is 2.32. The Morgan fingerprint density at radius 2 is 1.91 bits per heavy atom. The number of esters is 1. The minimum Gasteiger partial charge on any atom is -0.467 e. The van der Waals surface area contributed by atoms with E-state index in [9.17, 15) is 14.4 Å². The minimum absolute atomic E-state index is 0.0228. The zero-order valence-corrected chi connectivity index (χ0v) is 14.1. The molecule has 0 bridgehead atoms. The fourth-order valence-electron chi connectivity index (χ4n) is 2.46. The Bertz CT molecular complexity index is 415. The molecular formula is C16H28N2O4. The molecule has 6 nitrogen and oxygen atoms in total. The normalized spacial score (nSPS) is 18.7. The van der Waals surface area contributed by atoms with E-state index in [0.717, 1.165) is 12.8 Å². The van der Waals surface area contributed by atoms with Gasteiger partial charge in [-0.3, -0.25) is 9.59 Å². The lowest BCUT2D eigenvalue weighted by Crippen LogP contribution is -2.48. The summed E-state index contributed by atoms with van der Waals surface area (Å²) in [4.78, 5) is 37.4. The number of hydrogen-bond donors (Lipinski definition) is 1. The lowest BCUT2D eigenvalue weighted by molar-refractivity contribution is -0.154. The van der Waals surface area contributed by atoms with Crippen LogP contribution in [0.25, 0.3) is 0 Å². The van der Waals surface area contributed by atoms with Crippen LogP contribution in [0.4, 0.5) is 0 Å². The van der Waals surface area contributed by atoms with E-state index in [1.165, 1.54) is 7.11 Å². The number of rotatable bonds is 5. The molecule has 1 fully saturated rings. The average molecular weight is 312 g/mol. The van der Waals surface area contributed by atoms with Crippen molar-refractivity contribution >= 4 is 17.8 Å². The van der Waals surface area contributed by atoms with Crippen molar-refractivity contribution in [3.63, 3.8) is 0 Å². The van der Waals surface area contributed by atoms with Crippen LogP contribution in [-0.2, 0) is 19.1 Å². The number of amides is 2. The Balaban J connectivity index is 2.40. The fraction of sp³-hybridized carbons (Fsp3) is 0.812. The number of nitrogens with zero attached hydrogens (tertiary/aromatic N) is 1.